The van der Waals surface area contributed by atoms with Crippen LogP contribution in [0.3, 0.4) is 0 Å². The van der Waals surface area contributed by atoms with E-state index in [4.69, 9.17) is 29.0 Å². The summed E-state index contributed by atoms with van der Waals surface area (Å²) in [4.78, 5) is 22.2. The number of hydrogen-bond acceptors (Lipinski definition) is 7. The number of carbonyl (C=O) groups is 2. The Morgan fingerprint density at radius 2 is 1.09 bits per heavy atom. The van der Waals surface area contributed by atoms with Crippen LogP contribution in [-0.2, 0) is 33.9 Å². The van der Waals surface area contributed by atoms with Crippen molar-refractivity contribution in [3.05, 3.63) is 0 Å². The molecule has 200 valence electrons. The minimum Gasteiger partial charge on any atom is -1.00 e. The number of aliphatic carboxylic acids is 2. The van der Waals surface area contributed by atoms with E-state index in [1.165, 1.54) is 57.8 Å². The zero-order valence-electron chi connectivity index (χ0n) is 23.8. The largest absolute Gasteiger partial charge is 1.00 e. The standard InChI is InChI=1S/C22H42O10S.2Na.2H/c1-2-3-4-5-6-7-8-9-10-11-13-30-15-17-32-18-16-31-14-12-19(21(23)24)20(22(25)26)33(27,28)29;;;;/h19-20H,2-18H2,1H3,(H,23,24)(H,25,26)(H,27,28,29);;;;/q;2*+1;2*-1. The molecule has 0 radical (unpaired) electrons. The molecule has 0 bridgehead atoms. The van der Waals surface area contributed by atoms with Gasteiger partial charge in [-0.05, 0) is 12.8 Å². The summed E-state index contributed by atoms with van der Waals surface area (Å²) >= 11 is 0. The average Bonchev–Trinajstić information content (AvgIpc) is 2.73. The molecule has 0 spiro atoms. The van der Waals surface area contributed by atoms with E-state index in [-0.39, 0.29) is 88.2 Å². The van der Waals surface area contributed by atoms with E-state index in [2.05, 4.69) is 6.92 Å². The predicted molar refractivity (Wildman–Crippen MR) is 125 cm³/mol. The maximum Gasteiger partial charge on any atom is 1.00 e. The Bertz CT molecular complexity index is 631. The molecule has 0 aromatic rings. The van der Waals surface area contributed by atoms with Crippen molar-refractivity contribution < 1.29 is 109 Å². The molecule has 0 aromatic carbocycles. The molecule has 35 heavy (non-hydrogen) atoms. The van der Waals surface area contributed by atoms with Crippen molar-refractivity contribution in [2.45, 2.75) is 82.8 Å². The van der Waals surface area contributed by atoms with Crippen LogP contribution in [0.2, 0.25) is 0 Å². The average molecular weight is 547 g/mol. The van der Waals surface area contributed by atoms with Crippen molar-refractivity contribution in [2.24, 2.45) is 5.92 Å². The second kappa shape index (κ2) is 26.3. The molecule has 0 aliphatic carbocycles. The normalized spacial score (nSPS) is 12.9. The molecule has 0 amide bonds. The van der Waals surface area contributed by atoms with Gasteiger partial charge in [0.2, 0.25) is 0 Å². The molecule has 0 rings (SSSR count). The topological polar surface area (TPSA) is 157 Å². The van der Waals surface area contributed by atoms with Crippen molar-refractivity contribution in [3.8, 4) is 0 Å². The Balaban J connectivity index is -0.000000853. The molecule has 0 saturated carbocycles. The molecule has 2 unspecified atom stereocenters. The van der Waals surface area contributed by atoms with Crippen LogP contribution >= 0.6 is 0 Å². The molecule has 2 atom stereocenters. The Morgan fingerprint density at radius 3 is 1.49 bits per heavy atom. The molecule has 0 saturated heterocycles. The summed E-state index contributed by atoms with van der Waals surface area (Å²) in [7, 11) is -5.06. The fourth-order valence-corrected chi connectivity index (χ4v) is 4.28. The number of ether oxygens (including phenoxy) is 3. The van der Waals surface area contributed by atoms with E-state index in [1.807, 2.05) is 0 Å². The van der Waals surface area contributed by atoms with Crippen LogP contribution in [0, 0.1) is 5.92 Å². The van der Waals surface area contributed by atoms with Crippen molar-refractivity contribution in [1.82, 2.24) is 0 Å². The predicted octanol–water partition coefficient (Wildman–Crippen LogP) is -2.38. The Hall–Kier alpha value is 0.730. The molecule has 3 N–H and O–H groups in total. The first-order chi connectivity index (χ1) is 15.7. The van der Waals surface area contributed by atoms with Gasteiger partial charge in [0.15, 0.2) is 5.25 Å². The molecule has 13 heteroatoms. The quantitative estimate of drug-likeness (QED) is 0.0679. The van der Waals surface area contributed by atoms with Crippen molar-refractivity contribution in [1.29, 1.82) is 0 Å². The number of carboxylic acid groups (broad SMARTS) is 2. The smallest absolute Gasteiger partial charge is 1.00 e. The minimum absolute atomic E-state index is 0. The van der Waals surface area contributed by atoms with Gasteiger partial charge in [-0.3, -0.25) is 14.1 Å². The fourth-order valence-electron chi connectivity index (χ4n) is 3.36. The first-order valence-electron chi connectivity index (χ1n) is 11.9. The van der Waals surface area contributed by atoms with Crippen LogP contribution in [0.4, 0.5) is 0 Å². The van der Waals surface area contributed by atoms with Gasteiger partial charge in [-0.2, -0.15) is 8.42 Å². The number of hydrogen-bond donors (Lipinski definition) is 3. The molecule has 0 aromatic heterocycles. The monoisotopic (exact) mass is 546 g/mol. The fraction of sp³-hybridized carbons (Fsp3) is 0.909. The molecule has 0 aliphatic heterocycles. The molecule has 0 fully saturated rings. The molecular formula is C22H44Na2O10S. The second-order valence-corrected chi connectivity index (χ2v) is 9.56. The van der Waals surface area contributed by atoms with E-state index >= 15 is 0 Å². The van der Waals surface area contributed by atoms with Gasteiger partial charge in [-0.15, -0.1) is 0 Å². The van der Waals surface area contributed by atoms with Crippen LogP contribution < -0.4 is 59.1 Å². The van der Waals surface area contributed by atoms with Crippen LogP contribution in [0.15, 0.2) is 0 Å². The molecule has 0 heterocycles. The zero-order valence-corrected chi connectivity index (χ0v) is 26.6. The molecule has 0 aliphatic rings. The molecular weight excluding hydrogens is 502 g/mol. The van der Waals surface area contributed by atoms with Crippen LogP contribution in [0.25, 0.3) is 0 Å². The van der Waals surface area contributed by atoms with E-state index in [9.17, 15) is 18.0 Å². The van der Waals surface area contributed by atoms with Crippen molar-refractivity contribution >= 4 is 22.1 Å². The Kier molecular flexibility index (Phi) is 30.3. The van der Waals surface area contributed by atoms with Gasteiger partial charge < -0.3 is 27.3 Å². The Labute approximate surface area is 257 Å². The molecule has 10 nitrogen and oxygen atoms in total. The van der Waals surface area contributed by atoms with E-state index in [0.717, 1.165) is 6.42 Å². The van der Waals surface area contributed by atoms with Crippen LogP contribution in [-0.4, -0.2) is 80.0 Å². The Morgan fingerprint density at radius 1 is 0.686 bits per heavy atom. The van der Waals surface area contributed by atoms with Gasteiger partial charge >= 0.3 is 71.1 Å². The van der Waals surface area contributed by atoms with Crippen molar-refractivity contribution in [2.75, 3.05) is 39.6 Å². The van der Waals surface area contributed by atoms with Crippen LogP contribution in [0.5, 0.6) is 0 Å². The number of carboxylic acids is 2. The van der Waals surface area contributed by atoms with Crippen LogP contribution in [0.1, 0.15) is 80.4 Å². The van der Waals surface area contributed by atoms with E-state index < -0.39 is 33.2 Å². The van der Waals surface area contributed by atoms with Gasteiger partial charge in [0, 0.05) is 13.2 Å². The zero-order chi connectivity index (χ0) is 25.0. The third-order valence-electron chi connectivity index (χ3n) is 5.21. The maximum atomic E-state index is 11.2. The summed E-state index contributed by atoms with van der Waals surface area (Å²) in [5.74, 6) is -5.39. The second-order valence-electron chi connectivity index (χ2n) is 8.03. The third kappa shape index (κ3) is 23.6. The number of rotatable bonds is 24. The first-order valence-corrected chi connectivity index (χ1v) is 13.4. The van der Waals surface area contributed by atoms with E-state index in [1.54, 1.807) is 0 Å². The van der Waals surface area contributed by atoms with Gasteiger partial charge in [-0.25, -0.2) is 0 Å². The van der Waals surface area contributed by atoms with Gasteiger partial charge in [0.05, 0.1) is 32.3 Å². The summed E-state index contributed by atoms with van der Waals surface area (Å²) in [6.45, 7) is 3.97. The number of unbranched alkanes of at least 4 members (excludes halogenated alkanes) is 9. The SMILES string of the molecule is CCCCCCCCCCCCOCCOCCOCCC(C(=O)O)C(C(=O)O)S(=O)(=O)O.[H-].[H-].[Na+].[Na+]. The van der Waals surface area contributed by atoms with Gasteiger partial charge in [-0.1, -0.05) is 64.7 Å². The summed E-state index contributed by atoms with van der Waals surface area (Å²) in [6, 6.07) is 0. The summed E-state index contributed by atoms with van der Waals surface area (Å²) in [6.07, 6.45) is 12.3. The maximum absolute atomic E-state index is 11.2. The summed E-state index contributed by atoms with van der Waals surface area (Å²) in [5.41, 5.74) is 0. The minimum atomic E-state index is -5.06. The van der Waals surface area contributed by atoms with Crippen molar-refractivity contribution in [3.63, 3.8) is 0 Å². The van der Waals surface area contributed by atoms with E-state index in [0.29, 0.717) is 19.8 Å². The van der Waals surface area contributed by atoms with Gasteiger partial charge in [0.1, 0.15) is 0 Å². The third-order valence-corrected chi connectivity index (χ3v) is 6.38. The first kappa shape index (κ1) is 40.2. The summed E-state index contributed by atoms with van der Waals surface area (Å²) in [5, 5.41) is 15.5. The van der Waals surface area contributed by atoms with Gasteiger partial charge in [0.25, 0.3) is 10.1 Å². The summed E-state index contributed by atoms with van der Waals surface area (Å²) < 4.78 is 47.3.